The molecule has 1 fully saturated rings. The molecule has 1 N–H and O–H groups in total. The van der Waals surface area contributed by atoms with Crippen molar-refractivity contribution < 1.29 is 9.53 Å². The molecule has 1 aliphatic heterocycles. The molecule has 1 aliphatic rings. The molecular formula is C25H33N7O2. The van der Waals surface area contributed by atoms with Gasteiger partial charge in [0.2, 0.25) is 11.7 Å². The highest BCUT2D eigenvalue weighted by Crippen LogP contribution is 2.23. The second-order valence-corrected chi connectivity index (χ2v) is 8.45. The highest BCUT2D eigenvalue weighted by atomic mass is 16.5. The highest BCUT2D eigenvalue weighted by Gasteiger charge is 2.13. The Morgan fingerprint density at radius 1 is 1.09 bits per heavy atom. The van der Waals surface area contributed by atoms with Gasteiger partial charge in [-0.3, -0.25) is 9.69 Å². The molecule has 0 radical (unpaired) electrons. The Labute approximate surface area is 200 Å². The number of aromatic nitrogens is 4. The average molecular weight is 464 g/mol. The minimum Gasteiger partial charge on any atom is -0.379 e. The number of anilines is 2. The van der Waals surface area contributed by atoms with Gasteiger partial charge in [0.1, 0.15) is 6.54 Å². The lowest BCUT2D eigenvalue weighted by Crippen LogP contribution is -2.35. The lowest BCUT2D eigenvalue weighted by molar-refractivity contribution is -0.117. The summed E-state index contributed by atoms with van der Waals surface area (Å²) in [4.78, 5) is 18.6. The van der Waals surface area contributed by atoms with Crippen molar-refractivity contribution in [1.82, 2.24) is 25.1 Å². The molecule has 34 heavy (non-hydrogen) atoms. The zero-order valence-corrected chi connectivity index (χ0v) is 20.2. The van der Waals surface area contributed by atoms with Gasteiger partial charge in [-0.25, -0.2) is 0 Å². The van der Waals surface area contributed by atoms with Crippen molar-refractivity contribution in [2.75, 3.05) is 49.6 Å². The van der Waals surface area contributed by atoms with E-state index in [-0.39, 0.29) is 12.5 Å². The predicted octanol–water partition coefficient (Wildman–Crippen LogP) is 2.97. The number of morpholine rings is 1. The van der Waals surface area contributed by atoms with Crippen LogP contribution in [-0.2, 0) is 22.6 Å². The topological polar surface area (TPSA) is 88.4 Å². The van der Waals surface area contributed by atoms with Crippen molar-refractivity contribution in [1.29, 1.82) is 0 Å². The van der Waals surface area contributed by atoms with Gasteiger partial charge in [-0.15, -0.1) is 10.2 Å². The minimum absolute atomic E-state index is 0.000644. The summed E-state index contributed by atoms with van der Waals surface area (Å²) in [5.74, 6) is 0.314. The minimum atomic E-state index is -0.191. The number of tetrazole rings is 1. The van der Waals surface area contributed by atoms with Gasteiger partial charge in [0.25, 0.3) is 0 Å². The number of rotatable bonds is 9. The predicted molar refractivity (Wildman–Crippen MR) is 133 cm³/mol. The van der Waals surface area contributed by atoms with Gasteiger partial charge >= 0.3 is 0 Å². The first-order chi connectivity index (χ1) is 16.6. The molecule has 0 spiro atoms. The van der Waals surface area contributed by atoms with Crippen LogP contribution in [0.4, 0.5) is 11.4 Å². The van der Waals surface area contributed by atoms with Gasteiger partial charge < -0.3 is 15.0 Å². The number of hydrogen-bond acceptors (Lipinski definition) is 7. The molecule has 0 atom stereocenters. The molecule has 0 bridgehead atoms. The fourth-order valence-electron chi connectivity index (χ4n) is 4.09. The van der Waals surface area contributed by atoms with E-state index in [2.05, 4.69) is 62.6 Å². The van der Waals surface area contributed by atoms with E-state index >= 15 is 0 Å². The van der Waals surface area contributed by atoms with Crippen LogP contribution < -0.4 is 10.2 Å². The maximum Gasteiger partial charge on any atom is 0.248 e. The Hall–Kier alpha value is -3.30. The maximum absolute atomic E-state index is 12.6. The molecule has 2 aromatic carbocycles. The number of nitrogens with zero attached hydrogens (tertiary/aromatic N) is 6. The van der Waals surface area contributed by atoms with Crippen LogP contribution in [0.15, 0.2) is 42.5 Å². The Bertz CT molecular complexity index is 1090. The van der Waals surface area contributed by atoms with Crippen LogP contribution in [-0.4, -0.2) is 70.4 Å². The Balaban J connectivity index is 1.34. The van der Waals surface area contributed by atoms with E-state index in [9.17, 15) is 4.79 Å². The highest BCUT2D eigenvalue weighted by molar-refractivity contribution is 5.91. The van der Waals surface area contributed by atoms with Crippen LogP contribution in [0.2, 0.25) is 0 Å². The Morgan fingerprint density at radius 2 is 1.82 bits per heavy atom. The third kappa shape index (κ3) is 5.98. The summed E-state index contributed by atoms with van der Waals surface area (Å²) in [6.45, 7) is 12.5. The largest absolute Gasteiger partial charge is 0.379 e. The van der Waals surface area contributed by atoms with Gasteiger partial charge in [-0.1, -0.05) is 24.3 Å². The monoisotopic (exact) mass is 463 g/mol. The van der Waals surface area contributed by atoms with Crippen LogP contribution >= 0.6 is 0 Å². The Kier molecular flexibility index (Phi) is 7.87. The first-order valence-electron chi connectivity index (χ1n) is 11.9. The normalized spacial score (nSPS) is 14.2. The standard InChI is InChI=1S/C25H33N7O2/c1-4-31(5-2)22-10-11-23(19(3)16-22)26-24(33)18-32-28-25(27-29-32)21-8-6-20(7-9-21)17-30-12-14-34-15-13-30/h6-11,16H,4-5,12-15,17-18H2,1-3H3,(H,26,33). The Morgan fingerprint density at radius 3 is 2.50 bits per heavy atom. The zero-order chi connectivity index (χ0) is 23.9. The van der Waals surface area contributed by atoms with Crippen LogP contribution in [0.1, 0.15) is 25.0 Å². The summed E-state index contributed by atoms with van der Waals surface area (Å²) in [5.41, 5.74) is 5.07. The number of benzene rings is 2. The molecule has 0 saturated carbocycles. The smallest absolute Gasteiger partial charge is 0.248 e. The van der Waals surface area contributed by atoms with Crippen molar-refractivity contribution in [3.63, 3.8) is 0 Å². The van der Waals surface area contributed by atoms with Crippen molar-refractivity contribution in [3.8, 4) is 11.4 Å². The molecular weight excluding hydrogens is 430 g/mol. The lowest BCUT2D eigenvalue weighted by atomic mass is 10.1. The van der Waals surface area contributed by atoms with Gasteiger partial charge in [0.05, 0.1) is 13.2 Å². The first kappa shape index (κ1) is 23.8. The molecule has 0 aliphatic carbocycles. The van der Waals surface area contributed by atoms with E-state index < -0.39 is 0 Å². The summed E-state index contributed by atoms with van der Waals surface area (Å²) in [6.07, 6.45) is 0. The van der Waals surface area contributed by atoms with Crippen molar-refractivity contribution in [2.45, 2.75) is 33.9 Å². The molecule has 2 heterocycles. The van der Waals surface area contributed by atoms with Gasteiger partial charge in [0, 0.05) is 49.7 Å². The molecule has 0 unspecified atom stereocenters. The number of amides is 1. The summed E-state index contributed by atoms with van der Waals surface area (Å²) in [7, 11) is 0. The molecule has 1 saturated heterocycles. The summed E-state index contributed by atoms with van der Waals surface area (Å²) in [6, 6.07) is 14.2. The first-order valence-corrected chi connectivity index (χ1v) is 11.9. The molecule has 4 rings (SSSR count). The molecule has 9 heteroatoms. The van der Waals surface area contributed by atoms with Crippen molar-refractivity contribution >= 4 is 17.3 Å². The molecule has 9 nitrogen and oxygen atoms in total. The SMILES string of the molecule is CCN(CC)c1ccc(NC(=O)Cn2nnc(-c3ccc(CN4CCOCC4)cc3)n2)c(C)c1. The third-order valence-corrected chi connectivity index (χ3v) is 6.07. The third-order valence-electron chi connectivity index (χ3n) is 6.07. The number of carbonyl (C=O) groups excluding carboxylic acids is 1. The lowest BCUT2D eigenvalue weighted by Gasteiger charge is -2.26. The number of ether oxygens (including phenoxy) is 1. The second kappa shape index (κ2) is 11.2. The summed E-state index contributed by atoms with van der Waals surface area (Å²) >= 11 is 0. The van der Waals surface area contributed by atoms with E-state index in [1.165, 1.54) is 10.4 Å². The second-order valence-electron chi connectivity index (χ2n) is 8.45. The number of aryl methyl sites for hydroxylation is 1. The van der Waals surface area contributed by atoms with Gasteiger partial charge in [-0.2, -0.15) is 4.80 Å². The van der Waals surface area contributed by atoms with E-state index in [0.29, 0.717) is 5.82 Å². The maximum atomic E-state index is 12.6. The fraction of sp³-hybridized carbons (Fsp3) is 0.440. The zero-order valence-electron chi connectivity index (χ0n) is 20.2. The number of carbonyl (C=O) groups is 1. The molecule has 1 aromatic heterocycles. The van der Waals surface area contributed by atoms with E-state index in [1.54, 1.807) is 0 Å². The van der Waals surface area contributed by atoms with Crippen LogP contribution in [0.25, 0.3) is 11.4 Å². The average Bonchev–Trinajstić information content (AvgIpc) is 3.31. The van der Waals surface area contributed by atoms with Gasteiger partial charge in [0.15, 0.2) is 0 Å². The quantitative estimate of drug-likeness (QED) is 0.522. The molecule has 1 amide bonds. The van der Waals surface area contributed by atoms with Gasteiger partial charge in [-0.05, 0) is 55.3 Å². The van der Waals surface area contributed by atoms with E-state index in [4.69, 9.17) is 4.74 Å². The number of hydrogen-bond donors (Lipinski definition) is 1. The van der Waals surface area contributed by atoms with Crippen LogP contribution in [0.5, 0.6) is 0 Å². The molecule has 3 aromatic rings. The van der Waals surface area contributed by atoms with Crippen molar-refractivity contribution in [3.05, 3.63) is 53.6 Å². The van der Waals surface area contributed by atoms with Crippen LogP contribution in [0.3, 0.4) is 0 Å². The number of nitrogens with one attached hydrogen (secondary N) is 1. The van der Waals surface area contributed by atoms with E-state index in [1.807, 2.05) is 31.2 Å². The van der Waals surface area contributed by atoms with Crippen molar-refractivity contribution in [2.24, 2.45) is 0 Å². The summed E-state index contributed by atoms with van der Waals surface area (Å²) in [5, 5.41) is 15.5. The summed E-state index contributed by atoms with van der Waals surface area (Å²) < 4.78 is 5.41. The molecule has 180 valence electrons. The van der Waals surface area contributed by atoms with E-state index in [0.717, 1.165) is 68.4 Å². The van der Waals surface area contributed by atoms with Crippen LogP contribution in [0, 0.1) is 6.92 Å². The fourth-order valence-corrected chi connectivity index (χ4v) is 4.09.